The third kappa shape index (κ3) is 6.41. The zero-order valence-electron chi connectivity index (χ0n) is 16.8. The van der Waals surface area contributed by atoms with Gasteiger partial charge in [0.05, 0.1) is 19.3 Å². The molecule has 0 bridgehead atoms. The van der Waals surface area contributed by atoms with E-state index in [0.717, 1.165) is 25.7 Å². The maximum absolute atomic E-state index is 13.1. The molecule has 0 saturated carbocycles. The van der Waals surface area contributed by atoms with Gasteiger partial charge in [0.2, 0.25) is 10.0 Å². The van der Waals surface area contributed by atoms with Gasteiger partial charge in [-0.3, -0.25) is 4.79 Å². The van der Waals surface area contributed by atoms with Crippen molar-refractivity contribution in [1.29, 1.82) is 0 Å². The predicted molar refractivity (Wildman–Crippen MR) is 105 cm³/mol. The molecule has 9 nitrogen and oxygen atoms in total. The number of rotatable bonds is 9. The van der Waals surface area contributed by atoms with Crippen LogP contribution in [0.15, 0.2) is 23.1 Å². The SMILES string of the molecule is COCCNC(=O)COC(=O)c1ccc(OC)c(S(=O)(=O)N2CCCCCC2)c1. The summed E-state index contributed by atoms with van der Waals surface area (Å²) in [7, 11) is -0.942. The molecule has 29 heavy (non-hydrogen) atoms. The minimum Gasteiger partial charge on any atom is -0.495 e. The summed E-state index contributed by atoms with van der Waals surface area (Å²) in [5.74, 6) is -1.11. The van der Waals surface area contributed by atoms with Gasteiger partial charge in [0.25, 0.3) is 5.91 Å². The van der Waals surface area contributed by atoms with Crippen molar-refractivity contribution in [3.63, 3.8) is 0 Å². The van der Waals surface area contributed by atoms with Gasteiger partial charge in [-0.2, -0.15) is 4.31 Å². The number of hydrogen-bond acceptors (Lipinski definition) is 7. The van der Waals surface area contributed by atoms with Gasteiger partial charge in [-0.25, -0.2) is 13.2 Å². The molecule has 2 rings (SSSR count). The highest BCUT2D eigenvalue weighted by molar-refractivity contribution is 7.89. The third-order valence-electron chi connectivity index (χ3n) is 4.54. The molecule has 0 aromatic heterocycles. The molecule has 1 aliphatic rings. The van der Waals surface area contributed by atoms with Crippen molar-refractivity contribution >= 4 is 21.9 Å². The largest absolute Gasteiger partial charge is 0.495 e. The van der Waals surface area contributed by atoms with E-state index in [-0.39, 0.29) is 16.2 Å². The number of nitrogens with zero attached hydrogens (tertiary/aromatic N) is 1. The Kier molecular flexibility index (Phi) is 8.87. The van der Waals surface area contributed by atoms with Crippen LogP contribution in [-0.4, -0.2) is 71.7 Å². The van der Waals surface area contributed by atoms with Crippen molar-refractivity contribution in [2.45, 2.75) is 30.6 Å². The quantitative estimate of drug-likeness (QED) is 0.464. The second-order valence-corrected chi connectivity index (χ2v) is 8.51. The van der Waals surface area contributed by atoms with Crippen LogP contribution in [0.2, 0.25) is 0 Å². The minimum atomic E-state index is -3.82. The number of nitrogens with one attached hydrogen (secondary N) is 1. The fourth-order valence-electron chi connectivity index (χ4n) is 2.98. The molecule has 0 spiro atoms. The molecule has 1 amide bonds. The summed E-state index contributed by atoms with van der Waals surface area (Å²) in [4.78, 5) is 23.9. The summed E-state index contributed by atoms with van der Waals surface area (Å²) in [5.41, 5.74) is 0.0314. The number of sulfonamides is 1. The van der Waals surface area contributed by atoms with Gasteiger partial charge < -0.3 is 19.5 Å². The van der Waals surface area contributed by atoms with Gasteiger partial charge in [-0.15, -0.1) is 0 Å². The summed E-state index contributed by atoms with van der Waals surface area (Å²) >= 11 is 0. The van der Waals surface area contributed by atoms with Crippen molar-refractivity contribution in [3.8, 4) is 5.75 Å². The molecule has 1 aromatic rings. The number of carbonyl (C=O) groups is 2. The Bertz CT molecular complexity index is 803. The number of methoxy groups -OCH3 is 2. The first-order chi connectivity index (χ1) is 13.9. The third-order valence-corrected chi connectivity index (χ3v) is 6.46. The minimum absolute atomic E-state index is 0.0314. The van der Waals surface area contributed by atoms with Gasteiger partial charge >= 0.3 is 5.97 Å². The number of ether oxygens (including phenoxy) is 3. The normalized spacial score (nSPS) is 15.4. The second kappa shape index (κ2) is 11.1. The molecule has 10 heteroatoms. The fourth-order valence-corrected chi connectivity index (χ4v) is 4.68. The van der Waals surface area contributed by atoms with Gasteiger partial charge in [0, 0.05) is 26.7 Å². The predicted octanol–water partition coefficient (Wildman–Crippen LogP) is 1.18. The standard InChI is InChI=1S/C19H28N2O7S/c1-26-12-9-20-18(22)14-28-19(23)15-7-8-16(27-2)17(13-15)29(24,25)21-10-5-3-4-6-11-21/h7-8,13H,3-6,9-12,14H2,1-2H3,(H,20,22). The first-order valence-corrected chi connectivity index (χ1v) is 10.9. The van der Waals surface area contributed by atoms with Crippen molar-refractivity contribution in [3.05, 3.63) is 23.8 Å². The van der Waals surface area contributed by atoms with Gasteiger partial charge in [0.1, 0.15) is 10.6 Å². The molecule has 0 atom stereocenters. The molecule has 1 saturated heterocycles. The Morgan fingerprint density at radius 2 is 1.79 bits per heavy atom. The smallest absolute Gasteiger partial charge is 0.338 e. The lowest BCUT2D eigenvalue weighted by Gasteiger charge is -2.21. The molecule has 0 unspecified atom stereocenters. The fraction of sp³-hybridized carbons (Fsp3) is 0.579. The molecule has 0 radical (unpaired) electrons. The first kappa shape index (κ1) is 23.1. The van der Waals surface area contributed by atoms with E-state index in [1.54, 1.807) is 0 Å². The van der Waals surface area contributed by atoms with Crippen LogP contribution in [0.25, 0.3) is 0 Å². The molecule has 1 aliphatic heterocycles. The van der Waals surface area contributed by atoms with Crippen LogP contribution in [0.5, 0.6) is 5.75 Å². The average Bonchev–Trinajstić information content (AvgIpc) is 3.02. The molecule has 1 fully saturated rings. The topological polar surface area (TPSA) is 111 Å². The average molecular weight is 429 g/mol. The Labute approximate surface area is 171 Å². The van der Waals surface area contributed by atoms with Crippen LogP contribution < -0.4 is 10.1 Å². The molecule has 1 N–H and O–H groups in total. The van der Waals surface area contributed by atoms with Gasteiger partial charge in [-0.1, -0.05) is 12.8 Å². The summed E-state index contributed by atoms with van der Waals surface area (Å²) in [5, 5.41) is 2.53. The number of esters is 1. The first-order valence-electron chi connectivity index (χ1n) is 9.51. The zero-order valence-corrected chi connectivity index (χ0v) is 17.6. The van der Waals surface area contributed by atoms with E-state index in [2.05, 4.69) is 5.32 Å². The Hall–Kier alpha value is -2.17. The lowest BCUT2D eigenvalue weighted by Crippen LogP contribution is -2.32. The molecular weight excluding hydrogens is 400 g/mol. The van der Waals surface area contributed by atoms with Crippen LogP contribution in [0.1, 0.15) is 36.0 Å². The second-order valence-electron chi connectivity index (χ2n) is 6.60. The van der Waals surface area contributed by atoms with E-state index in [9.17, 15) is 18.0 Å². The molecule has 1 heterocycles. The van der Waals surface area contributed by atoms with E-state index < -0.39 is 28.5 Å². The highest BCUT2D eigenvalue weighted by atomic mass is 32.2. The van der Waals surface area contributed by atoms with Crippen LogP contribution in [0.3, 0.4) is 0 Å². The van der Waals surface area contributed by atoms with Crippen molar-refractivity contribution < 1.29 is 32.2 Å². The van der Waals surface area contributed by atoms with Crippen molar-refractivity contribution in [2.24, 2.45) is 0 Å². The van der Waals surface area contributed by atoms with Crippen LogP contribution in [0, 0.1) is 0 Å². The van der Waals surface area contributed by atoms with E-state index in [1.807, 2.05) is 0 Å². The Morgan fingerprint density at radius 3 is 2.41 bits per heavy atom. The highest BCUT2D eigenvalue weighted by Crippen LogP contribution is 2.29. The summed E-state index contributed by atoms with van der Waals surface area (Å²) in [6.07, 6.45) is 3.56. The number of benzene rings is 1. The van der Waals surface area contributed by atoms with Gasteiger partial charge in [0.15, 0.2) is 6.61 Å². The maximum Gasteiger partial charge on any atom is 0.338 e. The van der Waals surface area contributed by atoms with Gasteiger partial charge in [-0.05, 0) is 31.0 Å². The Balaban J connectivity index is 2.15. The molecule has 1 aromatic carbocycles. The van der Waals surface area contributed by atoms with Crippen LogP contribution >= 0.6 is 0 Å². The van der Waals surface area contributed by atoms with E-state index >= 15 is 0 Å². The van der Waals surface area contributed by atoms with Crippen molar-refractivity contribution in [1.82, 2.24) is 9.62 Å². The van der Waals surface area contributed by atoms with E-state index in [4.69, 9.17) is 14.2 Å². The molecule has 0 aliphatic carbocycles. The van der Waals surface area contributed by atoms with Crippen LogP contribution in [0.4, 0.5) is 0 Å². The molecule has 162 valence electrons. The molecular formula is C19H28N2O7S. The van der Waals surface area contributed by atoms with E-state index in [1.165, 1.54) is 36.7 Å². The van der Waals surface area contributed by atoms with Crippen molar-refractivity contribution in [2.75, 3.05) is 47.1 Å². The zero-order chi connectivity index (χ0) is 21.3. The lowest BCUT2D eigenvalue weighted by atomic mass is 10.2. The number of hydrogen-bond donors (Lipinski definition) is 1. The highest BCUT2D eigenvalue weighted by Gasteiger charge is 2.29. The number of carbonyl (C=O) groups excluding carboxylic acids is 2. The van der Waals surface area contributed by atoms with Crippen LogP contribution in [-0.2, 0) is 24.3 Å². The van der Waals surface area contributed by atoms with E-state index in [0.29, 0.717) is 26.2 Å². The lowest BCUT2D eigenvalue weighted by molar-refractivity contribution is -0.124. The Morgan fingerprint density at radius 1 is 1.10 bits per heavy atom. The maximum atomic E-state index is 13.1. The number of amides is 1. The summed E-state index contributed by atoms with van der Waals surface area (Å²) in [6.45, 7) is 1.04. The summed E-state index contributed by atoms with van der Waals surface area (Å²) < 4.78 is 42.7. The monoisotopic (exact) mass is 428 g/mol. The summed E-state index contributed by atoms with van der Waals surface area (Å²) in [6, 6.07) is 4.07.